The number of aromatic nitrogens is 5. The van der Waals surface area contributed by atoms with E-state index in [-0.39, 0.29) is 11.7 Å². The molecule has 5 aromatic rings. The topological polar surface area (TPSA) is 74.8 Å². The second-order valence-corrected chi connectivity index (χ2v) is 8.17. The largest absolute Gasteiger partial charge is 0.376 e. The van der Waals surface area contributed by atoms with Gasteiger partial charge in [-0.1, -0.05) is 29.8 Å². The highest BCUT2D eigenvalue weighted by Gasteiger charge is 2.23. The lowest BCUT2D eigenvalue weighted by molar-refractivity contribution is 0.0960. The first-order valence-electron chi connectivity index (χ1n) is 10.2. The van der Waals surface area contributed by atoms with Crippen LogP contribution in [0.2, 0.25) is 5.02 Å². The number of fused-ring (bicyclic) bond motifs is 4. The molecule has 6 rings (SSSR count). The molecule has 154 valence electrons. The molecule has 0 N–H and O–H groups in total. The first kappa shape index (κ1) is 18.5. The van der Waals surface area contributed by atoms with Crippen molar-refractivity contribution in [1.82, 2.24) is 24.1 Å². The van der Waals surface area contributed by atoms with Gasteiger partial charge < -0.3 is 4.74 Å². The van der Waals surface area contributed by atoms with E-state index in [0.29, 0.717) is 33.8 Å². The third-order valence-corrected chi connectivity index (χ3v) is 5.96. The molecule has 1 fully saturated rings. The summed E-state index contributed by atoms with van der Waals surface area (Å²) in [5, 5.41) is 1.04. The minimum Gasteiger partial charge on any atom is -0.376 e. The highest BCUT2D eigenvalue weighted by atomic mass is 35.5. The Balaban J connectivity index is 1.69. The van der Waals surface area contributed by atoms with Crippen molar-refractivity contribution >= 4 is 44.8 Å². The molecule has 2 aromatic carbocycles. The summed E-state index contributed by atoms with van der Waals surface area (Å²) in [7, 11) is 0. The van der Waals surface area contributed by atoms with Gasteiger partial charge in [0.05, 0.1) is 29.4 Å². The fraction of sp³-hybridized carbons (Fsp3) is 0.217. The summed E-state index contributed by atoms with van der Waals surface area (Å²) >= 11 is 6.26. The summed E-state index contributed by atoms with van der Waals surface area (Å²) in [4.78, 5) is 27.9. The molecule has 0 bridgehead atoms. The number of hydrogen-bond acceptors (Lipinski definition) is 5. The van der Waals surface area contributed by atoms with Crippen LogP contribution in [-0.4, -0.2) is 36.8 Å². The molecule has 1 aliphatic rings. The van der Waals surface area contributed by atoms with E-state index in [2.05, 4.69) is 4.98 Å². The van der Waals surface area contributed by atoms with Gasteiger partial charge in [-0.25, -0.2) is 15.0 Å². The normalized spacial score (nSPS) is 16.6. The molecule has 31 heavy (non-hydrogen) atoms. The fourth-order valence-corrected chi connectivity index (χ4v) is 4.45. The minimum absolute atomic E-state index is 0.0325. The molecule has 0 unspecified atom stereocenters. The van der Waals surface area contributed by atoms with Gasteiger partial charge in [0, 0.05) is 11.6 Å². The number of hydrogen-bond donors (Lipinski definition) is 0. The average molecular weight is 432 g/mol. The van der Waals surface area contributed by atoms with Gasteiger partial charge in [-0.05, 0) is 43.2 Å². The lowest BCUT2D eigenvalue weighted by Crippen LogP contribution is -2.26. The van der Waals surface area contributed by atoms with E-state index in [4.69, 9.17) is 26.3 Å². The van der Waals surface area contributed by atoms with Gasteiger partial charge in [0.25, 0.3) is 5.56 Å². The smallest absolute Gasteiger partial charge is 0.265 e. The highest BCUT2D eigenvalue weighted by molar-refractivity contribution is 6.30. The van der Waals surface area contributed by atoms with Crippen LogP contribution in [0.4, 0.5) is 0 Å². The van der Waals surface area contributed by atoms with Crippen molar-refractivity contribution in [2.45, 2.75) is 25.5 Å². The first-order chi connectivity index (χ1) is 15.2. The van der Waals surface area contributed by atoms with Gasteiger partial charge >= 0.3 is 0 Å². The van der Waals surface area contributed by atoms with E-state index in [1.807, 2.05) is 53.1 Å². The molecule has 0 aliphatic carbocycles. The lowest BCUT2D eigenvalue weighted by atomic mass is 10.2. The second kappa shape index (κ2) is 7.14. The maximum absolute atomic E-state index is 13.5. The summed E-state index contributed by atoms with van der Waals surface area (Å²) < 4.78 is 9.20. The Kier molecular flexibility index (Phi) is 4.26. The van der Waals surface area contributed by atoms with E-state index >= 15 is 0 Å². The van der Waals surface area contributed by atoms with E-state index in [1.54, 1.807) is 10.9 Å². The predicted octanol–water partition coefficient (Wildman–Crippen LogP) is 4.12. The third kappa shape index (κ3) is 3.00. The van der Waals surface area contributed by atoms with Crippen LogP contribution in [0.25, 0.3) is 38.9 Å². The van der Waals surface area contributed by atoms with Crippen molar-refractivity contribution in [2.24, 2.45) is 0 Å². The Morgan fingerprint density at radius 2 is 1.90 bits per heavy atom. The third-order valence-electron chi connectivity index (χ3n) is 5.72. The molecule has 1 aliphatic heterocycles. The van der Waals surface area contributed by atoms with Crippen LogP contribution in [0.3, 0.4) is 0 Å². The quantitative estimate of drug-likeness (QED) is 0.429. The number of para-hydroxylation sites is 2. The summed E-state index contributed by atoms with van der Waals surface area (Å²) in [6.45, 7) is 1.22. The van der Waals surface area contributed by atoms with E-state index in [9.17, 15) is 4.79 Å². The van der Waals surface area contributed by atoms with Gasteiger partial charge in [-0.15, -0.1) is 0 Å². The molecule has 3 aromatic heterocycles. The van der Waals surface area contributed by atoms with Gasteiger partial charge in [0.2, 0.25) is 0 Å². The molecule has 0 amide bonds. The zero-order valence-corrected chi connectivity index (χ0v) is 17.3. The summed E-state index contributed by atoms with van der Waals surface area (Å²) in [5.74, 6) is 0. The molecule has 7 nitrogen and oxygen atoms in total. The second-order valence-electron chi connectivity index (χ2n) is 7.74. The van der Waals surface area contributed by atoms with Gasteiger partial charge in [-0.3, -0.25) is 13.9 Å². The van der Waals surface area contributed by atoms with Crippen LogP contribution in [0.15, 0.2) is 59.7 Å². The first-order valence-corrected chi connectivity index (χ1v) is 10.6. The molecule has 0 radical (unpaired) electrons. The SMILES string of the molecule is O=c1c2c3nc4ccccc4nc3n(-c3cccc(Cl)c3)c2ncn1C[C@@H]1CCCO1. The van der Waals surface area contributed by atoms with Crippen LogP contribution >= 0.6 is 11.6 Å². The minimum atomic E-state index is -0.143. The molecule has 1 saturated heterocycles. The number of rotatable bonds is 3. The van der Waals surface area contributed by atoms with Crippen LogP contribution in [0, 0.1) is 0 Å². The molecule has 0 saturated carbocycles. The molecular weight excluding hydrogens is 414 g/mol. The van der Waals surface area contributed by atoms with Crippen LogP contribution in [-0.2, 0) is 11.3 Å². The average Bonchev–Trinajstić information content (AvgIpc) is 3.40. The van der Waals surface area contributed by atoms with Crippen molar-refractivity contribution < 1.29 is 4.74 Å². The predicted molar refractivity (Wildman–Crippen MR) is 120 cm³/mol. The Morgan fingerprint density at radius 1 is 1.06 bits per heavy atom. The summed E-state index contributed by atoms with van der Waals surface area (Å²) in [6.07, 6.45) is 3.58. The summed E-state index contributed by atoms with van der Waals surface area (Å²) in [5.41, 5.74) is 3.75. The van der Waals surface area contributed by atoms with Gasteiger partial charge in [0.1, 0.15) is 17.2 Å². The standard InChI is InChI=1S/C23H18ClN5O2/c24-14-5-3-6-15(11-14)29-21-19(20-22(29)27-18-9-2-1-8-17(18)26-20)23(30)28(13-25-21)12-16-7-4-10-31-16/h1-3,5-6,8-9,11,13,16H,4,7,10,12H2/t16-/m0/s1. The Bertz CT molecular complexity index is 1520. The lowest BCUT2D eigenvalue weighted by Gasteiger charge is -2.11. The maximum Gasteiger partial charge on any atom is 0.265 e. The number of ether oxygens (including phenoxy) is 1. The van der Waals surface area contributed by atoms with E-state index < -0.39 is 0 Å². The Morgan fingerprint density at radius 3 is 2.68 bits per heavy atom. The molecule has 0 spiro atoms. The van der Waals surface area contributed by atoms with E-state index in [0.717, 1.165) is 36.2 Å². The fourth-order valence-electron chi connectivity index (χ4n) is 4.27. The monoisotopic (exact) mass is 431 g/mol. The molecule has 8 heteroatoms. The van der Waals surface area contributed by atoms with Crippen molar-refractivity contribution in [2.75, 3.05) is 6.61 Å². The van der Waals surface area contributed by atoms with Crippen LogP contribution < -0.4 is 5.56 Å². The van der Waals surface area contributed by atoms with Crippen LogP contribution in [0.5, 0.6) is 0 Å². The number of halogens is 1. The maximum atomic E-state index is 13.5. The van der Waals surface area contributed by atoms with E-state index in [1.165, 1.54) is 0 Å². The Labute approximate surface area is 181 Å². The van der Waals surface area contributed by atoms with Crippen molar-refractivity contribution in [3.8, 4) is 5.69 Å². The Hall–Kier alpha value is -3.29. The van der Waals surface area contributed by atoms with Crippen molar-refractivity contribution in [1.29, 1.82) is 0 Å². The number of benzene rings is 2. The van der Waals surface area contributed by atoms with Gasteiger partial charge in [0.15, 0.2) is 11.3 Å². The van der Waals surface area contributed by atoms with Crippen LogP contribution in [0.1, 0.15) is 12.8 Å². The van der Waals surface area contributed by atoms with Crippen molar-refractivity contribution in [3.63, 3.8) is 0 Å². The molecular formula is C23H18ClN5O2. The van der Waals surface area contributed by atoms with Crippen molar-refractivity contribution in [3.05, 3.63) is 70.2 Å². The summed E-state index contributed by atoms with van der Waals surface area (Å²) in [6, 6.07) is 15.0. The number of nitrogens with zero attached hydrogens (tertiary/aromatic N) is 5. The molecule has 1 atom stereocenters. The zero-order chi connectivity index (χ0) is 20.9. The zero-order valence-electron chi connectivity index (χ0n) is 16.5. The highest BCUT2D eigenvalue weighted by Crippen LogP contribution is 2.29. The molecule has 4 heterocycles. The van der Waals surface area contributed by atoms with Gasteiger partial charge in [-0.2, -0.15) is 0 Å².